The lowest BCUT2D eigenvalue weighted by Gasteiger charge is -2.29. The van der Waals surface area contributed by atoms with E-state index in [9.17, 15) is 14.0 Å². The topological polar surface area (TPSA) is 49.4 Å². The van der Waals surface area contributed by atoms with Gasteiger partial charge >= 0.3 is 0 Å². The van der Waals surface area contributed by atoms with Crippen LogP contribution in [-0.4, -0.2) is 17.6 Å². The number of anilines is 1. The van der Waals surface area contributed by atoms with Crippen LogP contribution in [0.3, 0.4) is 0 Å². The Kier molecular flexibility index (Phi) is 6.06. The van der Waals surface area contributed by atoms with Gasteiger partial charge in [0.15, 0.2) is 0 Å². The van der Waals surface area contributed by atoms with Gasteiger partial charge in [-0.05, 0) is 35.9 Å². The van der Waals surface area contributed by atoms with Crippen LogP contribution < -0.4 is 10.2 Å². The van der Waals surface area contributed by atoms with Crippen molar-refractivity contribution in [3.63, 3.8) is 0 Å². The van der Waals surface area contributed by atoms with E-state index in [-0.39, 0.29) is 29.9 Å². The third kappa shape index (κ3) is 4.35. The summed E-state index contributed by atoms with van der Waals surface area (Å²) in [5.41, 5.74) is 2.29. The smallest absolute Gasteiger partial charge is 0.251 e. The van der Waals surface area contributed by atoms with Crippen LogP contribution in [0, 0.1) is 5.82 Å². The van der Waals surface area contributed by atoms with Crippen molar-refractivity contribution in [1.29, 1.82) is 0 Å². The molecule has 7 heteroatoms. The van der Waals surface area contributed by atoms with Gasteiger partial charge in [-0.25, -0.2) is 4.39 Å². The highest BCUT2D eigenvalue weighted by Crippen LogP contribution is 2.37. The number of hydrogen-bond acceptors (Lipinski definition) is 3. The Morgan fingerprint density at radius 1 is 1.07 bits per heavy atom. The molecular weight excluding hydrogens is 423 g/mol. The standard InChI is InChI=1S/C23H18ClFN2O2S/c24-18-7-3-1-5-16(18)12-26-23(29)15-9-10-21-20(11-15)27(22(28)14-30-21)13-17-6-2-4-8-19(17)25/h1-11H,12-14H2,(H,26,29). The highest BCUT2D eigenvalue weighted by atomic mass is 35.5. The average molecular weight is 441 g/mol. The number of rotatable bonds is 5. The number of thioether (sulfide) groups is 1. The number of fused-ring (bicyclic) bond motifs is 1. The largest absolute Gasteiger partial charge is 0.348 e. The first-order chi connectivity index (χ1) is 14.5. The van der Waals surface area contributed by atoms with E-state index in [1.807, 2.05) is 24.3 Å². The Hall–Kier alpha value is -2.83. The van der Waals surface area contributed by atoms with Crippen LogP contribution in [0.15, 0.2) is 71.6 Å². The van der Waals surface area contributed by atoms with Gasteiger partial charge in [-0.1, -0.05) is 48.0 Å². The third-order valence-electron chi connectivity index (χ3n) is 4.85. The summed E-state index contributed by atoms with van der Waals surface area (Å²) in [5, 5.41) is 3.44. The van der Waals surface area contributed by atoms with E-state index in [1.54, 1.807) is 36.4 Å². The fourth-order valence-electron chi connectivity index (χ4n) is 3.23. The van der Waals surface area contributed by atoms with Crippen LogP contribution in [0.25, 0.3) is 0 Å². The number of carbonyl (C=O) groups excluding carboxylic acids is 2. The Labute approximate surface area is 183 Å². The molecule has 1 heterocycles. The number of hydrogen-bond donors (Lipinski definition) is 1. The molecule has 4 rings (SSSR count). The summed E-state index contributed by atoms with van der Waals surface area (Å²) < 4.78 is 14.1. The molecule has 0 radical (unpaired) electrons. The van der Waals surface area contributed by atoms with Gasteiger partial charge in [-0.15, -0.1) is 11.8 Å². The average Bonchev–Trinajstić information content (AvgIpc) is 2.76. The molecule has 3 aromatic carbocycles. The van der Waals surface area contributed by atoms with Crippen LogP contribution in [-0.2, 0) is 17.9 Å². The third-order valence-corrected chi connectivity index (χ3v) is 6.26. The highest BCUT2D eigenvalue weighted by molar-refractivity contribution is 8.00. The van der Waals surface area contributed by atoms with Crippen molar-refractivity contribution >= 4 is 40.9 Å². The van der Waals surface area contributed by atoms with E-state index in [2.05, 4.69) is 5.32 Å². The van der Waals surface area contributed by atoms with E-state index >= 15 is 0 Å². The lowest BCUT2D eigenvalue weighted by molar-refractivity contribution is -0.116. The van der Waals surface area contributed by atoms with E-state index in [0.29, 0.717) is 28.4 Å². The number of nitrogens with zero attached hydrogens (tertiary/aromatic N) is 1. The lowest BCUT2D eigenvalue weighted by Crippen LogP contribution is -2.35. The molecule has 0 aliphatic carbocycles. The summed E-state index contributed by atoms with van der Waals surface area (Å²) in [6, 6.07) is 18.9. The molecule has 1 N–H and O–H groups in total. The monoisotopic (exact) mass is 440 g/mol. The van der Waals surface area contributed by atoms with Crippen LogP contribution in [0.5, 0.6) is 0 Å². The second-order valence-electron chi connectivity index (χ2n) is 6.82. The number of amides is 2. The van der Waals surface area contributed by atoms with Crippen molar-refractivity contribution in [1.82, 2.24) is 5.32 Å². The van der Waals surface area contributed by atoms with Gasteiger partial charge in [-0.3, -0.25) is 9.59 Å². The predicted molar refractivity (Wildman–Crippen MR) is 117 cm³/mol. The van der Waals surface area contributed by atoms with Crippen LogP contribution in [0.2, 0.25) is 5.02 Å². The molecule has 0 bridgehead atoms. The molecule has 4 nitrogen and oxygen atoms in total. The van der Waals surface area contributed by atoms with Gasteiger partial charge in [0.2, 0.25) is 5.91 Å². The van der Waals surface area contributed by atoms with Gasteiger partial charge in [0.25, 0.3) is 5.91 Å². The molecule has 1 aliphatic heterocycles. The summed E-state index contributed by atoms with van der Waals surface area (Å²) in [4.78, 5) is 27.7. The molecule has 0 spiro atoms. The number of carbonyl (C=O) groups is 2. The van der Waals surface area contributed by atoms with Crippen molar-refractivity contribution in [2.45, 2.75) is 18.0 Å². The fourth-order valence-corrected chi connectivity index (χ4v) is 4.35. The Balaban J connectivity index is 1.57. The first kappa shape index (κ1) is 20.4. The van der Waals surface area contributed by atoms with Crippen molar-refractivity contribution < 1.29 is 14.0 Å². The Morgan fingerprint density at radius 3 is 2.57 bits per heavy atom. The normalized spacial score (nSPS) is 13.1. The van der Waals surface area contributed by atoms with Gasteiger partial charge < -0.3 is 10.2 Å². The highest BCUT2D eigenvalue weighted by Gasteiger charge is 2.26. The molecule has 0 aromatic heterocycles. The molecule has 152 valence electrons. The maximum Gasteiger partial charge on any atom is 0.251 e. The minimum Gasteiger partial charge on any atom is -0.348 e. The fraction of sp³-hybridized carbons (Fsp3) is 0.130. The van der Waals surface area contributed by atoms with Crippen LogP contribution in [0.1, 0.15) is 21.5 Å². The van der Waals surface area contributed by atoms with E-state index in [0.717, 1.165) is 10.5 Å². The first-order valence-electron chi connectivity index (χ1n) is 9.35. The van der Waals surface area contributed by atoms with Crippen molar-refractivity contribution in [2.75, 3.05) is 10.7 Å². The van der Waals surface area contributed by atoms with Crippen molar-refractivity contribution in [3.8, 4) is 0 Å². The maximum absolute atomic E-state index is 14.1. The number of halogens is 2. The molecule has 3 aromatic rings. The zero-order valence-corrected chi connectivity index (χ0v) is 17.5. The maximum atomic E-state index is 14.1. The lowest BCUT2D eigenvalue weighted by atomic mass is 10.1. The summed E-state index contributed by atoms with van der Waals surface area (Å²) in [7, 11) is 0. The summed E-state index contributed by atoms with van der Waals surface area (Å²) >= 11 is 7.56. The number of nitrogens with one attached hydrogen (secondary N) is 1. The first-order valence-corrected chi connectivity index (χ1v) is 10.7. The summed E-state index contributed by atoms with van der Waals surface area (Å²) in [6.07, 6.45) is 0. The van der Waals surface area contributed by atoms with Crippen LogP contribution in [0.4, 0.5) is 10.1 Å². The second-order valence-corrected chi connectivity index (χ2v) is 8.24. The molecule has 0 unspecified atom stereocenters. The van der Waals surface area contributed by atoms with E-state index in [1.165, 1.54) is 22.7 Å². The number of benzene rings is 3. The molecule has 30 heavy (non-hydrogen) atoms. The van der Waals surface area contributed by atoms with Gasteiger partial charge in [0, 0.05) is 27.6 Å². The van der Waals surface area contributed by atoms with Crippen LogP contribution >= 0.6 is 23.4 Å². The van der Waals surface area contributed by atoms with E-state index < -0.39 is 0 Å². The second kappa shape index (κ2) is 8.90. The van der Waals surface area contributed by atoms with Crippen molar-refractivity contribution in [3.05, 3.63) is 94.3 Å². The molecular formula is C23H18ClFN2O2S. The summed E-state index contributed by atoms with van der Waals surface area (Å²) in [6.45, 7) is 0.409. The molecule has 2 amide bonds. The Morgan fingerprint density at radius 2 is 1.80 bits per heavy atom. The predicted octanol–water partition coefficient (Wildman–Crippen LogP) is 5.05. The van der Waals surface area contributed by atoms with Gasteiger partial charge in [-0.2, -0.15) is 0 Å². The minimum atomic E-state index is -0.362. The Bertz CT molecular complexity index is 1120. The molecule has 1 aliphatic rings. The minimum absolute atomic E-state index is 0.115. The van der Waals surface area contributed by atoms with Crippen molar-refractivity contribution in [2.24, 2.45) is 0 Å². The van der Waals surface area contributed by atoms with Gasteiger partial charge in [0.05, 0.1) is 18.0 Å². The SMILES string of the molecule is O=C(NCc1ccccc1Cl)c1ccc2c(c1)N(Cc1ccccc1F)C(=O)CS2. The molecule has 0 atom stereocenters. The quantitative estimate of drug-likeness (QED) is 0.604. The zero-order valence-electron chi connectivity index (χ0n) is 15.9. The molecule has 0 saturated heterocycles. The van der Waals surface area contributed by atoms with E-state index in [4.69, 9.17) is 11.6 Å². The molecule has 0 fully saturated rings. The van der Waals surface area contributed by atoms with Gasteiger partial charge in [0.1, 0.15) is 5.82 Å². The molecule has 0 saturated carbocycles. The summed E-state index contributed by atoms with van der Waals surface area (Å²) in [5.74, 6) is -0.478. The zero-order chi connectivity index (χ0) is 21.1.